The normalized spacial score (nSPS) is 11.7. The molecule has 5 nitrogen and oxygen atoms in total. The van der Waals surface area contributed by atoms with Crippen molar-refractivity contribution in [2.75, 3.05) is 0 Å². The fourth-order valence-electron chi connectivity index (χ4n) is 3.10. The highest BCUT2D eigenvalue weighted by atomic mass is 19.1. The van der Waals surface area contributed by atoms with E-state index < -0.39 is 11.4 Å². The molecule has 0 spiro atoms. The number of hydrogen-bond donors (Lipinski definition) is 1. The van der Waals surface area contributed by atoms with Gasteiger partial charge in [0.05, 0.1) is 5.60 Å². The Bertz CT molecular complexity index is 1170. The summed E-state index contributed by atoms with van der Waals surface area (Å²) in [7, 11) is 0. The van der Waals surface area contributed by atoms with Crippen molar-refractivity contribution >= 4 is 17.4 Å². The number of carbonyl (C=O) groups excluding carboxylic acids is 1. The third kappa shape index (κ3) is 3.08. The number of halogens is 1. The zero-order chi connectivity index (χ0) is 19.9. The standard InChI is InChI=1S/C22H17FN2O3/c1-22(2,27)16-5-3-4-15(19(16)23)20-21-17(24-12-25-20)10-18(28-21)14-8-6-13(11-26)7-9-14/h3-12,27H,1-2H3. The largest absolute Gasteiger partial charge is 0.452 e. The Hall–Kier alpha value is -3.38. The molecule has 0 bridgehead atoms. The summed E-state index contributed by atoms with van der Waals surface area (Å²) in [6.07, 6.45) is 2.12. The first-order valence-electron chi connectivity index (χ1n) is 8.70. The minimum absolute atomic E-state index is 0.174. The van der Waals surface area contributed by atoms with Crippen LogP contribution in [0, 0.1) is 5.82 Å². The molecule has 6 heteroatoms. The van der Waals surface area contributed by atoms with Crippen LogP contribution in [-0.2, 0) is 5.60 Å². The van der Waals surface area contributed by atoms with Crippen molar-refractivity contribution < 1.29 is 18.7 Å². The molecule has 2 aromatic heterocycles. The number of fused-ring (bicyclic) bond motifs is 1. The number of furan rings is 1. The van der Waals surface area contributed by atoms with Crippen LogP contribution in [0.5, 0.6) is 0 Å². The van der Waals surface area contributed by atoms with Gasteiger partial charge in [-0.25, -0.2) is 14.4 Å². The predicted octanol–water partition coefficient (Wildman–Crippen LogP) is 4.74. The van der Waals surface area contributed by atoms with Gasteiger partial charge in [0.1, 0.15) is 35.4 Å². The molecule has 0 atom stereocenters. The zero-order valence-corrected chi connectivity index (χ0v) is 15.3. The van der Waals surface area contributed by atoms with Gasteiger partial charge >= 0.3 is 0 Å². The van der Waals surface area contributed by atoms with Crippen LogP contribution >= 0.6 is 0 Å². The quantitative estimate of drug-likeness (QED) is 0.521. The molecule has 0 saturated heterocycles. The van der Waals surface area contributed by atoms with Crippen LogP contribution in [-0.4, -0.2) is 21.4 Å². The SMILES string of the molecule is CC(C)(O)c1cccc(-c2ncnc3cc(-c4ccc(C=O)cc4)oc23)c1F. The Labute approximate surface area is 160 Å². The van der Waals surface area contributed by atoms with Crippen molar-refractivity contribution in [1.82, 2.24) is 9.97 Å². The van der Waals surface area contributed by atoms with Gasteiger partial charge in [0, 0.05) is 28.3 Å². The van der Waals surface area contributed by atoms with Gasteiger partial charge in [-0.15, -0.1) is 0 Å². The van der Waals surface area contributed by atoms with Gasteiger partial charge in [-0.05, 0) is 19.9 Å². The van der Waals surface area contributed by atoms with Crippen LogP contribution in [0.3, 0.4) is 0 Å². The molecule has 0 unspecified atom stereocenters. The molecule has 0 radical (unpaired) electrons. The fourth-order valence-corrected chi connectivity index (χ4v) is 3.10. The molecule has 0 amide bonds. The Morgan fingerprint density at radius 1 is 1.11 bits per heavy atom. The van der Waals surface area contributed by atoms with Crippen LogP contribution in [0.1, 0.15) is 29.8 Å². The molecule has 140 valence electrons. The highest BCUT2D eigenvalue weighted by Gasteiger charge is 2.24. The number of aliphatic hydroxyl groups is 1. The molecule has 0 aliphatic carbocycles. The predicted molar refractivity (Wildman–Crippen MR) is 103 cm³/mol. The Morgan fingerprint density at radius 2 is 1.86 bits per heavy atom. The minimum atomic E-state index is -1.33. The summed E-state index contributed by atoms with van der Waals surface area (Å²) in [4.78, 5) is 19.3. The van der Waals surface area contributed by atoms with E-state index in [0.717, 1.165) is 11.8 Å². The summed E-state index contributed by atoms with van der Waals surface area (Å²) in [5.74, 6) is -0.0171. The molecule has 2 heterocycles. The van der Waals surface area contributed by atoms with Crippen molar-refractivity contribution in [2.24, 2.45) is 0 Å². The maximum absolute atomic E-state index is 15.1. The van der Waals surface area contributed by atoms with Gasteiger partial charge in [0.2, 0.25) is 0 Å². The number of benzene rings is 2. The lowest BCUT2D eigenvalue weighted by molar-refractivity contribution is 0.0746. The number of rotatable bonds is 4. The second-order valence-electron chi connectivity index (χ2n) is 7.01. The van der Waals surface area contributed by atoms with E-state index in [1.165, 1.54) is 20.2 Å². The van der Waals surface area contributed by atoms with E-state index in [1.54, 1.807) is 48.5 Å². The molecule has 0 aliphatic rings. The van der Waals surface area contributed by atoms with E-state index in [2.05, 4.69) is 9.97 Å². The molecule has 0 aliphatic heterocycles. The summed E-state index contributed by atoms with van der Waals surface area (Å²) in [5.41, 5.74) is 1.59. The number of nitrogens with zero attached hydrogens (tertiary/aromatic N) is 2. The number of hydrogen-bond acceptors (Lipinski definition) is 5. The summed E-state index contributed by atoms with van der Waals surface area (Å²) < 4.78 is 21.1. The van der Waals surface area contributed by atoms with Gasteiger partial charge in [-0.3, -0.25) is 4.79 Å². The van der Waals surface area contributed by atoms with Crippen molar-refractivity contribution in [2.45, 2.75) is 19.4 Å². The molecule has 0 saturated carbocycles. The first-order valence-corrected chi connectivity index (χ1v) is 8.70. The fraction of sp³-hybridized carbons (Fsp3) is 0.136. The first kappa shape index (κ1) is 18.0. The summed E-state index contributed by atoms with van der Waals surface area (Å²) >= 11 is 0. The molecular weight excluding hydrogens is 359 g/mol. The van der Waals surface area contributed by atoms with Crippen LogP contribution in [0.15, 0.2) is 59.3 Å². The van der Waals surface area contributed by atoms with Gasteiger partial charge in [0.25, 0.3) is 0 Å². The molecule has 2 aromatic carbocycles. The highest BCUT2D eigenvalue weighted by molar-refractivity contribution is 5.90. The van der Waals surface area contributed by atoms with Crippen LogP contribution in [0.4, 0.5) is 4.39 Å². The van der Waals surface area contributed by atoms with Gasteiger partial charge < -0.3 is 9.52 Å². The smallest absolute Gasteiger partial charge is 0.179 e. The lowest BCUT2D eigenvalue weighted by Crippen LogP contribution is -2.18. The van der Waals surface area contributed by atoms with Gasteiger partial charge in [0.15, 0.2) is 5.58 Å². The number of carbonyl (C=O) groups is 1. The third-order valence-electron chi connectivity index (χ3n) is 4.56. The monoisotopic (exact) mass is 376 g/mol. The molecule has 4 rings (SSSR count). The zero-order valence-electron chi connectivity index (χ0n) is 15.3. The Kier molecular flexibility index (Phi) is 4.28. The first-order chi connectivity index (χ1) is 13.4. The topological polar surface area (TPSA) is 76.2 Å². The lowest BCUT2D eigenvalue weighted by atomic mass is 9.94. The molecule has 0 fully saturated rings. The van der Waals surface area contributed by atoms with Crippen molar-refractivity contribution in [1.29, 1.82) is 0 Å². The molecule has 4 aromatic rings. The van der Waals surface area contributed by atoms with E-state index in [9.17, 15) is 9.90 Å². The maximum Gasteiger partial charge on any atom is 0.179 e. The molecule has 28 heavy (non-hydrogen) atoms. The van der Waals surface area contributed by atoms with Gasteiger partial charge in [-0.2, -0.15) is 0 Å². The van der Waals surface area contributed by atoms with Crippen LogP contribution in [0.2, 0.25) is 0 Å². The molecule has 1 N–H and O–H groups in total. The van der Waals surface area contributed by atoms with E-state index in [-0.39, 0.29) is 11.1 Å². The van der Waals surface area contributed by atoms with Crippen molar-refractivity contribution in [3.8, 4) is 22.6 Å². The number of aromatic nitrogens is 2. The summed E-state index contributed by atoms with van der Waals surface area (Å²) in [6, 6.07) is 13.5. The Morgan fingerprint density at radius 3 is 2.54 bits per heavy atom. The van der Waals surface area contributed by atoms with Crippen LogP contribution < -0.4 is 0 Å². The minimum Gasteiger partial charge on any atom is -0.452 e. The summed E-state index contributed by atoms with van der Waals surface area (Å²) in [5, 5.41) is 10.2. The highest BCUT2D eigenvalue weighted by Crippen LogP contribution is 2.35. The number of aldehydes is 1. The van der Waals surface area contributed by atoms with Crippen molar-refractivity contribution in [3.05, 3.63) is 71.8 Å². The van der Waals surface area contributed by atoms with E-state index >= 15 is 4.39 Å². The van der Waals surface area contributed by atoms with E-state index in [0.29, 0.717) is 28.1 Å². The van der Waals surface area contributed by atoms with Gasteiger partial charge in [-0.1, -0.05) is 36.4 Å². The second kappa shape index (κ2) is 6.65. The summed E-state index contributed by atoms with van der Waals surface area (Å²) in [6.45, 7) is 3.05. The van der Waals surface area contributed by atoms with E-state index in [4.69, 9.17) is 4.42 Å². The second-order valence-corrected chi connectivity index (χ2v) is 7.01. The molecular formula is C22H17FN2O3. The lowest BCUT2D eigenvalue weighted by Gasteiger charge is -2.19. The average Bonchev–Trinajstić information content (AvgIpc) is 3.12. The van der Waals surface area contributed by atoms with Crippen molar-refractivity contribution in [3.63, 3.8) is 0 Å². The average molecular weight is 376 g/mol. The maximum atomic E-state index is 15.1. The Balaban J connectivity index is 1.88. The third-order valence-corrected chi connectivity index (χ3v) is 4.56. The van der Waals surface area contributed by atoms with E-state index in [1.807, 2.05) is 0 Å². The van der Waals surface area contributed by atoms with Crippen LogP contribution in [0.25, 0.3) is 33.7 Å².